The molecule has 230 valence electrons. The summed E-state index contributed by atoms with van der Waals surface area (Å²) >= 11 is 0. The fraction of sp³-hybridized carbons (Fsp3) is 0.947. The highest BCUT2D eigenvalue weighted by Crippen LogP contribution is 2.22. The first-order valence-corrected chi connectivity index (χ1v) is 18.1. The molecule has 0 radical (unpaired) electrons. The zero-order valence-electron chi connectivity index (χ0n) is 28.2. The van der Waals surface area contributed by atoms with Crippen LogP contribution in [0, 0.1) is 5.41 Å². The van der Waals surface area contributed by atoms with Crippen LogP contribution in [0.2, 0.25) is 0 Å². The maximum Gasteiger partial charge on any atom is -0.0351 e. The average Bonchev–Trinajstić information content (AvgIpc) is 2.89. The smallest absolute Gasteiger partial charge is 0.0351 e. The van der Waals surface area contributed by atoms with E-state index in [2.05, 4.69) is 53.7 Å². The number of hydrogen-bond acceptors (Lipinski definition) is 0. The van der Waals surface area contributed by atoms with Gasteiger partial charge in [0.25, 0.3) is 0 Å². The minimum atomic E-state index is 0.539. The van der Waals surface area contributed by atoms with E-state index in [0.717, 1.165) is 0 Å². The average molecular weight is 535 g/mol. The summed E-state index contributed by atoms with van der Waals surface area (Å²) in [5, 5.41) is 0. The van der Waals surface area contributed by atoms with E-state index in [4.69, 9.17) is 0 Å². The molecule has 0 aliphatic heterocycles. The molecule has 0 amide bonds. The fourth-order valence-electron chi connectivity index (χ4n) is 5.16. The third-order valence-electron chi connectivity index (χ3n) is 7.90. The molecular weight excluding hydrogens is 456 g/mol. The van der Waals surface area contributed by atoms with Crippen molar-refractivity contribution in [2.24, 2.45) is 5.41 Å². The lowest BCUT2D eigenvalue weighted by Crippen LogP contribution is -2.03. The van der Waals surface area contributed by atoms with Gasteiger partial charge >= 0.3 is 0 Å². The Hall–Kier alpha value is -0.260. The van der Waals surface area contributed by atoms with Gasteiger partial charge in [0.05, 0.1) is 0 Å². The highest BCUT2D eigenvalue weighted by molar-refractivity contribution is 4.81. The largest absolute Gasteiger partial charge is 0.0885 e. The summed E-state index contributed by atoms with van der Waals surface area (Å²) in [5.74, 6) is 0. The van der Waals surface area contributed by atoms with Gasteiger partial charge in [-0.2, -0.15) is 0 Å². The molecule has 0 aliphatic carbocycles. The van der Waals surface area contributed by atoms with Gasteiger partial charge in [-0.1, -0.05) is 214 Å². The SMILES string of the molecule is CCCC/C=C\CCCCCCCCCCCCC.CCCCCCCCCCCCCCCC(C)(C)C. The summed E-state index contributed by atoms with van der Waals surface area (Å²) in [5.41, 5.74) is 0.539. The van der Waals surface area contributed by atoms with Crippen molar-refractivity contribution in [2.45, 2.75) is 228 Å². The van der Waals surface area contributed by atoms with Crippen molar-refractivity contribution >= 4 is 0 Å². The van der Waals surface area contributed by atoms with Crippen molar-refractivity contribution in [3.8, 4) is 0 Å². The third-order valence-corrected chi connectivity index (χ3v) is 7.90. The highest BCUT2D eigenvalue weighted by Gasteiger charge is 2.08. The highest BCUT2D eigenvalue weighted by atomic mass is 14.1. The van der Waals surface area contributed by atoms with Crippen LogP contribution in [-0.4, -0.2) is 0 Å². The normalized spacial score (nSPS) is 11.7. The van der Waals surface area contributed by atoms with Crippen LogP contribution in [0.3, 0.4) is 0 Å². The van der Waals surface area contributed by atoms with Crippen molar-refractivity contribution in [1.82, 2.24) is 0 Å². The molecule has 0 saturated carbocycles. The standard InChI is InChI=1S/C19H40.C19H38/c1-5-6-7-8-9-10-11-12-13-14-15-16-17-18-19(2,3)4;1-3-5-7-9-11-13-15-17-19-18-16-14-12-10-8-6-4-2/h5-18H2,1-4H3;9,11H,3-8,10,12-19H2,1-2H3/b;11-9-. The van der Waals surface area contributed by atoms with E-state index in [9.17, 15) is 0 Å². The first kappa shape index (κ1) is 39.9. The number of hydrogen-bond donors (Lipinski definition) is 0. The Labute approximate surface area is 245 Å². The van der Waals surface area contributed by atoms with Gasteiger partial charge in [-0.3, -0.25) is 0 Å². The van der Waals surface area contributed by atoms with Gasteiger partial charge in [0.15, 0.2) is 0 Å². The van der Waals surface area contributed by atoms with Crippen molar-refractivity contribution in [3.05, 3.63) is 12.2 Å². The fourth-order valence-corrected chi connectivity index (χ4v) is 5.16. The first-order valence-electron chi connectivity index (χ1n) is 18.1. The predicted octanol–water partition coefficient (Wildman–Crippen LogP) is 14.9. The van der Waals surface area contributed by atoms with Gasteiger partial charge in [0.1, 0.15) is 0 Å². The minimum Gasteiger partial charge on any atom is -0.0885 e. The topological polar surface area (TPSA) is 0 Å². The van der Waals surface area contributed by atoms with Crippen molar-refractivity contribution in [3.63, 3.8) is 0 Å². The van der Waals surface area contributed by atoms with E-state index in [-0.39, 0.29) is 0 Å². The molecule has 0 heteroatoms. The van der Waals surface area contributed by atoms with Gasteiger partial charge in [0.2, 0.25) is 0 Å². The maximum absolute atomic E-state index is 2.39. The van der Waals surface area contributed by atoms with Crippen LogP contribution in [0.15, 0.2) is 12.2 Å². The monoisotopic (exact) mass is 535 g/mol. The maximum atomic E-state index is 2.39. The van der Waals surface area contributed by atoms with Crippen LogP contribution < -0.4 is 0 Å². The van der Waals surface area contributed by atoms with Gasteiger partial charge in [-0.25, -0.2) is 0 Å². The zero-order chi connectivity index (χ0) is 28.4. The van der Waals surface area contributed by atoms with Crippen LogP contribution >= 0.6 is 0 Å². The Balaban J connectivity index is 0. The molecule has 0 heterocycles. The van der Waals surface area contributed by atoms with Gasteiger partial charge in [0, 0.05) is 0 Å². The van der Waals surface area contributed by atoms with E-state index < -0.39 is 0 Å². The van der Waals surface area contributed by atoms with E-state index in [0.29, 0.717) is 5.41 Å². The zero-order valence-corrected chi connectivity index (χ0v) is 28.2. The summed E-state index contributed by atoms with van der Waals surface area (Å²) in [7, 11) is 0. The predicted molar refractivity (Wildman–Crippen MR) is 180 cm³/mol. The van der Waals surface area contributed by atoms with Crippen LogP contribution in [0.4, 0.5) is 0 Å². The summed E-state index contributed by atoms with van der Waals surface area (Å²) < 4.78 is 0. The summed E-state index contributed by atoms with van der Waals surface area (Å²) in [4.78, 5) is 0. The molecule has 0 rings (SSSR count). The third kappa shape index (κ3) is 42.8. The molecule has 0 aliphatic rings. The second-order valence-corrected chi connectivity index (χ2v) is 13.5. The van der Waals surface area contributed by atoms with E-state index in [1.807, 2.05) is 0 Å². The van der Waals surface area contributed by atoms with Crippen LogP contribution in [0.25, 0.3) is 0 Å². The molecule has 0 aromatic carbocycles. The molecule has 38 heavy (non-hydrogen) atoms. The quantitative estimate of drug-likeness (QED) is 0.0691. The number of allylic oxidation sites excluding steroid dienone is 2. The van der Waals surface area contributed by atoms with Gasteiger partial charge in [-0.05, 0) is 31.1 Å². The Kier molecular flexibility index (Phi) is 36.5. The molecule has 0 N–H and O–H groups in total. The second-order valence-electron chi connectivity index (χ2n) is 13.5. The van der Waals surface area contributed by atoms with Crippen molar-refractivity contribution < 1.29 is 0 Å². The summed E-state index contributed by atoms with van der Waals surface area (Å²) in [6, 6.07) is 0. The van der Waals surface area contributed by atoms with Crippen molar-refractivity contribution in [1.29, 1.82) is 0 Å². The Morgan fingerprint density at radius 3 is 0.895 bits per heavy atom. The lowest BCUT2D eigenvalue weighted by Gasteiger charge is -2.17. The van der Waals surface area contributed by atoms with Crippen LogP contribution in [-0.2, 0) is 0 Å². The molecule has 0 bridgehead atoms. The summed E-state index contributed by atoms with van der Waals surface area (Å²) in [6.45, 7) is 13.9. The van der Waals surface area contributed by atoms with Crippen LogP contribution in [0.1, 0.15) is 228 Å². The van der Waals surface area contributed by atoms with Crippen molar-refractivity contribution in [2.75, 3.05) is 0 Å². The molecule has 0 nitrogen and oxygen atoms in total. The number of rotatable bonds is 28. The Morgan fingerprint density at radius 1 is 0.316 bits per heavy atom. The minimum absolute atomic E-state index is 0.539. The molecule has 0 aromatic rings. The molecule has 0 aromatic heterocycles. The van der Waals surface area contributed by atoms with E-state index in [1.54, 1.807) is 0 Å². The van der Waals surface area contributed by atoms with Crippen LogP contribution in [0.5, 0.6) is 0 Å². The lowest BCUT2D eigenvalue weighted by molar-refractivity contribution is 0.356. The second kappa shape index (κ2) is 34.8. The molecule has 0 saturated heterocycles. The first-order chi connectivity index (χ1) is 18.5. The molecule has 0 atom stereocenters. The van der Waals surface area contributed by atoms with E-state index >= 15 is 0 Å². The summed E-state index contributed by atoms with van der Waals surface area (Å²) in [6.07, 6.45) is 46.3. The molecular formula is C38H78. The Bertz CT molecular complexity index is 412. The van der Waals surface area contributed by atoms with Gasteiger partial charge < -0.3 is 0 Å². The van der Waals surface area contributed by atoms with E-state index in [1.165, 1.54) is 186 Å². The molecule has 0 unspecified atom stereocenters. The Morgan fingerprint density at radius 2 is 0.579 bits per heavy atom. The van der Waals surface area contributed by atoms with Gasteiger partial charge in [-0.15, -0.1) is 0 Å². The molecule has 0 fully saturated rings. The molecule has 0 spiro atoms. The lowest BCUT2D eigenvalue weighted by atomic mass is 9.89. The number of unbranched alkanes of at least 4 members (excludes halogenated alkanes) is 25.